The number of nitrogens with two attached hydrogens (primary N) is 1. The molecule has 2 heterocycles. The monoisotopic (exact) mass is 426 g/mol. The van der Waals surface area contributed by atoms with E-state index in [1.54, 1.807) is 11.3 Å². The van der Waals surface area contributed by atoms with E-state index >= 15 is 0 Å². The Bertz CT molecular complexity index is 913. The lowest BCUT2D eigenvalue weighted by Crippen LogP contribution is -2.38. The molecule has 0 spiro atoms. The molecule has 0 aliphatic heterocycles. The number of H-pyrrole nitrogens is 1. The van der Waals surface area contributed by atoms with Crippen molar-refractivity contribution < 1.29 is 4.79 Å². The van der Waals surface area contributed by atoms with Crippen LogP contribution in [0.1, 0.15) is 41.0 Å². The largest absolute Gasteiger partial charge is 0.384 e. The van der Waals surface area contributed by atoms with E-state index in [9.17, 15) is 14.4 Å². The summed E-state index contributed by atoms with van der Waals surface area (Å²) < 4.78 is 2.36. The van der Waals surface area contributed by atoms with Gasteiger partial charge in [0.15, 0.2) is 5.78 Å². The van der Waals surface area contributed by atoms with Crippen molar-refractivity contribution >= 4 is 38.9 Å². The van der Waals surface area contributed by atoms with E-state index in [1.807, 2.05) is 24.0 Å². The van der Waals surface area contributed by atoms with Crippen LogP contribution in [-0.4, -0.2) is 33.3 Å². The maximum Gasteiger partial charge on any atom is 0.330 e. The second kappa shape index (κ2) is 7.27. The number of likely N-dealkylation sites (N-methyl/N-ethyl adjacent to an activating group) is 1. The molecule has 9 heteroatoms. The standard InChI is InChI=1S/C16H19BrN4O3S/c1-2-20(7-10-5-6-12(17)25-10)8-11(22)13-14(18)21(9-3-4-9)16(24)19-15(13)23/h5-6,9H,2-4,7-8,18H2,1H3,(H,19,23,24). The molecular weight excluding hydrogens is 408 g/mol. The quantitative estimate of drug-likeness (QED) is 0.659. The highest BCUT2D eigenvalue weighted by Gasteiger charge is 2.30. The average molecular weight is 427 g/mol. The van der Waals surface area contributed by atoms with Crippen molar-refractivity contribution in [2.75, 3.05) is 18.8 Å². The van der Waals surface area contributed by atoms with E-state index < -0.39 is 11.2 Å². The zero-order chi connectivity index (χ0) is 18.1. The van der Waals surface area contributed by atoms with Gasteiger partial charge in [-0.05, 0) is 47.4 Å². The predicted molar refractivity (Wildman–Crippen MR) is 101 cm³/mol. The first-order chi connectivity index (χ1) is 11.9. The van der Waals surface area contributed by atoms with Crippen molar-refractivity contribution in [1.29, 1.82) is 0 Å². The Hall–Kier alpha value is -1.71. The number of hydrogen-bond acceptors (Lipinski definition) is 6. The third kappa shape index (κ3) is 3.94. The molecule has 0 bridgehead atoms. The molecule has 2 aromatic rings. The number of halogens is 1. The van der Waals surface area contributed by atoms with Gasteiger partial charge in [0, 0.05) is 17.5 Å². The van der Waals surface area contributed by atoms with Crippen LogP contribution in [0.5, 0.6) is 0 Å². The molecular formula is C16H19BrN4O3S. The topological polar surface area (TPSA) is 101 Å². The van der Waals surface area contributed by atoms with Gasteiger partial charge in [0.2, 0.25) is 0 Å². The maximum absolute atomic E-state index is 12.7. The maximum atomic E-state index is 12.7. The van der Waals surface area contributed by atoms with Crippen LogP contribution >= 0.6 is 27.3 Å². The second-order valence-electron chi connectivity index (χ2n) is 6.05. The smallest absolute Gasteiger partial charge is 0.330 e. The van der Waals surface area contributed by atoms with Crippen molar-refractivity contribution in [2.45, 2.75) is 32.4 Å². The lowest BCUT2D eigenvalue weighted by Gasteiger charge is -2.19. The van der Waals surface area contributed by atoms with Crippen molar-refractivity contribution in [3.63, 3.8) is 0 Å². The van der Waals surface area contributed by atoms with E-state index in [2.05, 4.69) is 20.9 Å². The Morgan fingerprint density at radius 3 is 2.72 bits per heavy atom. The first-order valence-electron chi connectivity index (χ1n) is 8.04. The van der Waals surface area contributed by atoms with Crippen LogP contribution in [0.3, 0.4) is 0 Å². The van der Waals surface area contributed by atoms with E-state index in [4.69, 9.17) is 5.73 Å². The van der Waals surface area contributed by atoms with Gasteiger partial charge in [-0.3, -0.25) is 24.0 Å². The summed E-state index contributed by atoms with van der Waals surface area (Å²) in [6, 6.07) is 3.95. The van der Waals surface area contributed by atoms with Gasteiger partial charge in [0.1, 0.15) is 11.4 Å². The fourth-order valence-corrected chi connectivity index (χ4v) is 4.28. The van der Waals surface area contributed by atoms with Gasteiger partial charge in [0.05, 0.1) is 10.3 Å². The number of nitrogen functional groups attached to an aromatic ring is 1. The molecule has 0 amide bonds. The van der Waals surface area contributed by atoms with E-state index in [0.717, 1.165) is 21.5 Å². The number of ketones is 1. The summed E-state index contributed by atoms with van der Waals surface area (Å²) in [5.41, 5.74) is 4.63. The van der Waals surface area contributed by atoms with Crippen LogP contribution < -0.4 is 17.0 Å². The minimum atomic E-state index is -0.709. The van der Waals surface area contributed by atoms with Gasteiger partial charge in [0.25, 0.3) is 5.56 Å². The summed E-state index contributed by atoms with van der Waals surface area (Å²) >= 11 is 5.03. The average Bonchev–Trinajstić information content (AvgIpc) is 3.28. The number of carbonyl (C=O) groups is 1. The minimum Gasteiger partial charge on any atom is -0.384 e. The molecule has 1 aliphatic rings. The van der Waals surface area contributed by atoms with Gasteiger partial charge < -0.3 is 5.73 Å². The highest BCUT2D eigenvalue weighted by molar-refractivity contribution is 9.11. The van der Waals surface area contributed by atoms with Gasteiger partial charge in [-0.25, -0.2) is 4.79 Å². The molecule has 0 saturated heterocycles. The number of rotatable bonds is 7. The molecule has 3 N–H and O–H groups in total. The molecule has 25 heavy (non-hydrogen) atoms. The SMILES string of the molecule is CCN(CC(=O)c1c(N)n(C2CC2)c(=O)[nH]c1=O)Cc1ccc(Br)s1. The highest BCUT2D eigenvalue weighted by atomic mass is 79.9. The molecule has 7 nitrogen and oxygen atoms in total. The Balaban J connectivity index is 1.83. The van der Waals surface area contributed by atoms with Crippen LogP contribution in [0.25, 0.3) is 0 Å². The number of nitrogens with one attached hydrogen (secondary N) is 1. The number of thiophene rings is 1. The predicted octanol–water partition coefficient (Wildman–Crippen LogP) is 1.98. The molecule has 0 atom stereocenters. The molecule has 0 radical (unpaired) electrons. The number of hydrogen-bond donors (Lipinski definition) is 2. The number of carbonyl (C=O) groups excluding carboxylic acids is 1. The summed E-state index contributed by atoms with van der Waals surface area (Å²) in [4.78, 5) is 42.0. The van der Waals surface area contributed by atoms with Crippen molar-refractivity contribution in [3.8, 4) is 0 Å². The van der Waals surface area contributed by atoms with Gasteiger partial charge in [-0.15, -0.1) is 11.3 Å². The van der Waals surface area contributed by atoms with Crippen LogP contribution in [-0.2, 0) is 6.54 Å². The Morgan fingerprint density at radius 1 is 1.44 bits per heavy atom. The zero-order valence-corrected chi connectivity index (χ0v) is 16.2. The summed E-state index contributed by atoms with van der Waals surface area (Å²) in [7, 11) is 0. The number of aromatic amines is 1. The van der Waals surface area contributed by atoms with Gasteiger partial charge >= 0.3 is 5.69 Å². The molecule has 0 unspecified atom stereocenters. The Labute approximate surface area is 156 Å². The Kier molecular flexibility index (Phi) is 5.26. The number of nitrogens with zero attached hydrogens (tertiary/aromatic N) is 2. The van der Waals surface area contributed by atoms with Crippen molar-refractivity contribution in [1.82, 2.24) is 14.5 Å². The fourth-order valence-electron chi connectivity index (χ4n) is 2.75. The van der Waals surface area contributed by atoms with Crippen LogP contribution in [0.4, 0.5) is 5.82 Å². The molecule has 1 aliphatic carbocycles. The molecule has 2 aromatic heterocycles. The van der Waals surface area contributed by atoms with E-state index in [1.165, 1.54) is 4.57 Å². The third-order valence-corrected chi connectivity index (χ3v) is 5.80. The molecule has 3 rings (SSSR count). The van der Waals surface area contributed by atoms with E-state index in [0.29, 0.717) is 13.1 Å². The zero-order valence-electron chi connectivity index (χ0n) is 13.8. The van der Waals surface area contributed by atoms with E-state index in [-0.39, 0.29) is 29.8 Å². The second-order valence-corrected chi connectivity index (χ2v) is 8.60. The summed E-state index contributed by atoms with van der Waals surface area (Å²) in [5.74, 6) is -0.387. The first kappa shape index (κ1) is 18.1. The number of anilines is 1. The third-order valence-electron chi connectivity index (χ3n) is 4.20. The fraction of sp³-hybridized carbons (Fsp3) is 0.438. The summed E-state index contributed by atoms with van der Waals surface area (Å²) in [5, 5.41) is 0. The Morgan fingerprint density at radius 2 is 2.16 bits per heavy atom. The molecule has 1 fully saturated rings. The first-order valence-corrected chi connectivity index (χ1v) is 9.65. The molecule has 1 saturated carbocycles. The van der Waals surface area contributed by atoms with Crippen LogP contribution in [0, 0.1) is 0 Å². The summed E-state index contributed by atoms with van der Waals surface area (Å²) in [6.45, 7) is 3.29. The van der Waals surface area contributed by atoms with Crippen LogP contribution in [0.2, 0.25) is 0 Å². The summed E-state index contributed by atoms with van der Waals surface area (Å²) in [6.07, 6.45) is 1.66. The van der Waals surface area contributed by atoms with Crippen molar-refractivity contribution in [2.24, 2.45) is 0 Å². The van der Waals surface area contributed by atoms with Gasteiger partial charge in [-0.1, -0.05) is 6.92 Å². The molecule has 0 aromatic carbocycles. The van der Waals surface area contributed by atoms with Crippen LogP contribution in [0.15, 0.2) is 25.5 Å². The minimum absolute atomic E-state index is 0.0124. The molecule has 134 valence electrons. The number of aromatic nitrogens is 2. The highest BCUT2D eigenvalue weighted by Crippen LogP contribution is 2.35. The normalized spacial score (nSPS) is 14.2. The van der Waals surface area contributed by atoms with Crippen molar-refractivity contribution in [3.05, 3.63) is 47.2 Å². The van der Waals surface area contributed by atoms with Gasteiger partial charge in [-0.2, -0.15) is 0 Å². The lowest BCUT2D eigenvalue weighted by molar-refractivity contribution is 0.0928. The number of Topliss-reactive ketones (excluding diaryl/α,β-unsaturated/α-hetero) is 1. The lowest BCUT2D eigenvalue weighted by atomic mass is 10.1.